The van der Waals surface area contributed by atoms with Crippen LogP contribution in [0.2, 0.25) is 0 Å². The fraction of sp³-hybridized carbons (Fsp3) is 0.0952. The molecule has 0 radical (unpaired) electrons. The highest BCUT2D eigenvalue weighted by atomic mass is 16.5. The van der Waals surface area contributed by atoms with Gasteiger partial charge in [0.2, 0.25) is 0 Å². The van der Waals surface area contributed by atoms with Crippen molar-refractivity contribution in [2.45, 2.75) is 27.2 Å². The largest absolute Gasteiger partial charge is 0.457 e. The summed E-state index contributed by atoms with van der Waals surface area (Å²) in [6.45, 7) is 10.2. The van der Waals surface area contributed by atoms with Crippen molar-refractivity contribution in [3.8, 4) is 34.1 Å². The lowest BCUT2D eigenvalue weighted by Crippen LogP contribution is -1.86. The van der Waals surface area contributed by atoms with Crippen LogP contribution in [0.5, 0.6) is 23.0 Å². The van der Waals surface area contributed by atoms with Gasteiger partial charge in [-0.3, -0.25) is 0 Å². The average Bonchev–Trinajstić information content (AvgIpc) is 3.37. The summed E-state index contributed by atoms with van der Waals surface area (Å²) in [6.07, 6.45) is 9.73. The van der Waals surface area contributed by atoms with Crippen LogP contribution in [0.3, 0.4) is 0 Å². The molecule has 6 rings (SSSR count). The zero-order chi connectivity index (χ0) is 33.4. The predicted molar refractivity (Wildman–Crippen MR) is 192 cm³/mol. The Kier molecular flexibility index (Phi) is 17.3. The smallest absolute Gasteiger partial charge is 0.127 e. The molecule has 0 saturated carbocycles. The molecular formula is C42H42O4. The van der Waals surface area contributed by atoms with Gasteiger partial charge in [-0.25, -0.2) is 0 Å². The molecule has 0 unspecified atom stereocenters. The number of hydrogen-bond acceptors (Lipinski definition) is 4. The molecule has 0 amide bonds. The van der Waals surface area contributed by atoms with Crippen LogP contribution in [0.15, 0.2) is 169 Å². The summed E-state index contributed by atoms with van der Waals surface area (Å²) in [5.41, 5.74) is 6.24. The van der Waals surface area contributed by atoms with Gasteiger partial charge in [-0.1, -0.05) is 135 Å². The van der Waals surface area contributed by atoms with E-state index in [0.29, 0.717) is 0 Å². The van der Waals surface area contributed by atoms with E-state index in [9.17, 15) is 0 Å². The van der Waals surface area contributed by atoms with Gasteiger partial charge in [-0.15, -0.1) is 0 Å². The molecule has 0 fully saturated rings. The standard InChI is InChI=1S/C20H18O.C18H14O.C2H6.2CH2O/c1-16-7-5-6-8-18(15-16)17-11-13-20(14-12-17)21-19-9-3-2-4-10-19;1-3-7-15(8-4-1)16-11-13-18(14-12-16)19-17-9-5-2-6-10-17;3*1-2/h2-6,8-15H,7H2,1H3;1-14H;1-2H3;2*1H2. The second kappa shape index (κ2) is 21.9. The first kappa shape index (κ1) is 36.5. The number of allylic oxidation sites excluding steroid dienone is 6. The van der Waals surface area contributed by atoms with Crippen molar-refractivity contribution in [2.24, 2.45) is 0 Å². The van der Waals surface area contributed by atoms with Crippen molar-refractivity contribution < 1.29 is 19.1 Å². The minimum absolute atomic E-state index is 0.853. The van der Waals surface area contributed by atoms with E-state index in [1.807, 2.05) is 131 Å². The summed E-state index contributed by atoms with van der Waals surface area (Å²) in [4.78, 5) is 16.0. The first-order valence-corrected chi connectivity index (χ1v) is 15.1. The van der Waals surface area contributed by atoms with Crippen molar-refractivity contribution in [2.75, 3.05) is 0 Å². The van der Waals surface area contributed by atoms with Crippen molar-refractivity contribution in [3.63, 3.8) is 0 Å². The fourth-order valence-electron chi connectivity index (χ4n) is 4.29. The minimum atomic E-state index is 0.853. The first-order chi connectivity index (χ1) is 22.7. The van der Waals surface area contributed by atoms with Gasteiger partial charge in [0, 0.05) is 0 Å². The zero-order valence-corrected chi connectivity index (χ0v) is 26.8. The molecule has 5 aromatic rings. The fourth-order valence-corrected chi connectivity index (χ4v) is 4.29. The van der Waals surface area contributed by atoms with Gasteiger partial charge < -0.3 is 19.1 Å². The SMILES string of the molecule is C=O.C=O.CC.CC1=CC(c2ccc(Oc3ccccc3)cc2)=CC=CC1.c1ccc(Oc2ccc(-c3ccccc3)cc2)cc1. The third kappa shape index (κ3) is 12.5. The van der Waals surface area contributed by atoms with E-state index in [0.717, 1.165) is 29.4 Å². The topological polar surface area (TPSA) is 52.6 Å². The van der Waals surface area contributed by atoms with Gasteiger partial charge in [-0.05, 0) is 84.1 Å². The summed E-state index contributed by atoms with van der Waals surface area (Å²) in [6, 6.07) is 46.4. The summed E-state index contributed by atoms with van der Waals surface area (Å²) >= 11 is 0. The lowest BCUT2D eigenvalue weighted by Gasteiger charge is -2.07. The summed E-state index contributed by atoms with van der Waals surface area (Å²) in [7, 11) is 0. The Labute approximate surface area is 274 Å². The number of hydrogen-bond donors (Lipinski definition) is 0. The highest BCUT2D eigenvalue weighted by molar-refractivity contribution is 5.76. The number of para-hydroxylation sites is 2. The molecule has 5 aromatic carbocycles. The summed E-state index contributed by atoms with van der Waals surface area (Å²) in [5.74, 6) is 3.42. The lowest BCUT2D eigenvalue weighted by molar-refractivity contribution is -0.0987. The molecule has 1 aliphatic carbocycles. The minimum Gasteiger partial charge on any atom is -0.457 e. The van der Waals surface area contributed by atoms with Crippen LogP contribution < -0.4 is 9.47 Å². The quantitative estimate of drug-likeness (QED) is 0.192. The molecule has 0 atom stereocenters. The molecule has 4 heteroatoms. The Morgan fingerprint density at radius 1 is 0.478 bits per heavy atom. The Morgan fingerprint density at radius 2 is 0.848 bits per heavy atom. The monoisotopic (exact) mass is 610 g/mol. The molecule has 1 aliphatic rings. The maximum Gasteiger partial charge on any atom is 0.127 e. The Bertz CT molecular complexity index is 1600. The Balaban J connectivity index is 0.000000277. The van der Waals surface area contributed by atoms with Crippen LogP contribution in [0.25, 0.3) is 16.7 Å². The third-order valence-electron chi connectivity index (χ3n) is 6.36. The van der Waals surface area contributed by atoms with Crippen molar-refractivity contribution in [1.29, 1.82) is 0 Å². The van der Waals surface area contributed by atoms with Crippen LogP contribution in [0.1, 0.15) is 32.8 Å². The van der Waals surface area contributed by atoms with Crippen molar-refractivity contribution >= 4 is 19.2 Å². The van der Waals surface area contributed by atoms with Gasteiger partial charge >= 0.3 is 0 Å². The van der Waals surface area contributed by atoms with Gasteiger partial charge in [-0.2, -0.15) is 0 Å². The Morgan fingerprint density at radius 3 is 1.30 bits per heavy atom. The molecule has 234 valence electrons. The zero-order valence-electron chi connectivity index (χ0n) is 26.8. The summed E-state index contributed by atoms with van der Waals surface area (Å²) < 4.78 is 11.6. The molecule has 0 heterocycles. The second-order valence-corrected chi connectivity index (χ2v) is 9.49. The molecule has 0 spiro atoms. The van der Waals surface area contributed by atoms with E-state index < -0.39 is 0 Å². The molecule has 0 aliphatic heterocycles. The molecule has 46 heavy (non-hydrogen) atoms. The van der Waals surface area contributed by atoms with Crippen LogP contribution in [0.4, 0.5) is 0 Å². The number of rotatable bonds is 6. The maximum atomic E-state index is 8.00. The molecule has 0 N–H and O–H groups in total. The van der Waals surface area contributed by atoms with Gasteiger partial charge in [0.25, 0.3) is 0 Å². The number of carbonyl (C=O) groups excluding carboxylic acids is 2. The summed E-state index contributed by atoms with van der Waals surface area (Å²) in [5, 5.41) is 0. The molecule has 0 aromatic heterocycles. The van der Waals surface area contributed by atoms with E-state index in [4.69, 9.17) is 19.1 Å². The predicted octanol–water partition coefficient (Wildman–Crippen LogP) is 11.6. The molecule has 4 nitrogen and oxygen atoms in total. The Hall–Kier alpha value is -5.74. The molecular weight excluding hydrogens is 568 g/mol. The van der Waals surface area contributed by atoms with Crippen LogP contribution in [-0.2, 0) is 9.59 Å². The second-order valence-electron chi connectivity index (χ2n) is 9.49. The normalized spacial score (nSPS) is 10.9. The highest BCUT2D eigenvalue weighted by Crippen LogP contribution is 2.27. The molecule has 0 saturated heterocycles. The van der Waals surface area contributed by atoms with E-state index in [-0.39, 0.29) is 0 Å². The van der Waals surface area contributed by atoms with E-state index in [1.165, 1.54) is 27.8 Å². The van der Waals surface area contributed by atoms with E-state index >= 15 is 0 Å². The van der Waals surface area contributed by atoms with Crippen LogP contribution in [0, 0.1) is 0 Å². The third-order valence-corrected chi connectivity index (χ3v) is 6.36. The van der Waals surface area contributed by atoms with Crippen LogP contribution in [-0.4, -0.2) is 13.6 Å². The van der Waals surface area contributed by atoms with Crippen LogP contribution >= 0.6 is 0 Å². The van der Waals surface area contributed by atoms with Gasteiger partial charge in [0.15, 0.2) is 0 Å². The highest BCUT2D eigenvalue weighted by Gasteiger charge is 2.03. The van der Waals surface area contributed by atoms with Crippen molar-refractivity contribution in [1.82, 2.24) is 0 Å². The van der Waals surface area contributed by atoms with E-state index in [1.54, 1.807) is 0 Å². The number of benzene rings is 5. The average molecular weight is 611 g/mol. The first-order valence-electron chi connectivity index (χ1n) is 15.1. The lowest BCUT2D eigenvalue weighted by atomic mass is 10.0. The molecule has 0 bridgehead atoms. The number of carbonyl (C=O) groups is 2. The number of ether oxygens (including phenoxy) is 2. The maximum absolute atomic E-state index is 8.00. The van der Waals surface area contributed by atoms with Gasteiger partial charge in [0.1, 0.15) is 36.6 Å². The van der Waals surface area contributed by atoms with Crippen molar-refractivity contribution in [3.05, 3.63) is 175 Å². The van der Waals surface area contributed by atoms with E-state index in [2.05, 4.69) is 67.6 Å². The van der Waals surface area contributed by atoms with Gasteiger partial charge in [0.05, 0.1) is 0 Å².